The average Bonchev–Trinajstić information content (AvgIpc) is 3.14. The summed E-state index contributed by atoms with van der Waals surface area (Å²) in [5.41, 5.74) is 3.42. The van der Waals surface area contributed by atoms with Gasteiger partial charge in [-0.25, -0.2) is 4.98 Å². The van der Waals surface area contributed by atoms with E-state index in [1.54, 1.807) is 43.5 Å². The zero-order valence-corrected chi connectivity index (χ0v) is 15.1. The number of phenols is 1. The minimum absolute atomic E-state index is 0.0457. The van der Waals surface area contributed by atoms with Crippen LogP contribution >= 0.6 is 0 Å². The van der Waals surface area contributed by atoms with E-state index in [0.717, 1.165) is 5.56 Å². The van der Waals surface area contributed by atoms with Gasteiger partial charge in [-0.3, -0.25) is 4.79 Å². The molecule has 2 aromatic heterocycles. The highest BCUT2D eigenvalue weighted by atomic mass is 16.4. The van der Waals surface area contributed by atoms with Crippen molar-refractivity contribution in [2.45, 2.75) is 6.92 Å². The number of carbonyl (C=O) groups excluding carboxylic acids is 1. The fraction of sp³-hybridized carbons (Fsp3) is 0.0455. The lowest BCUT2D eigenvalue weighted by Gasteiger charge is -2.09. The van der Waals surface area contributed by atoms with Gasteiger partial charge in [0.1, 0.15) is 5.75 Å². The number of fused-ring (bicyclic) bond motifs is 1. The number of oxazole rings is 1. The maximum atomic E-state index is 12.3. The molecule has 0 aliphatic heterocycles. The molecule has 0 spiro atoms. The molecule has 0 unspecified atom stereocenters. The van der Waals surface area contributed by atoms with E-state index in [0.29, 0.717) is 28.0 Å². The Morgan fingerprint density at radius 1 is 1.14 bits per heavy atom. The van der Waals surface area contributed by atoms with E-state index in [1.165, 1.54) is 6.08 Å². The first kappa shape index (κ1) is 17.5. The van der Waals surface area contributed by atoms with E-state index in [1.807, 2.05) is 30.3 Å². The van der Waals surface area contributed by atoms with Crippen molar-refractivity contribution in [2.75, 3.05) is 5.32 Å². The molecule has 4 rings (SSSR count). The van der Waals surface area contributed by atoms with Gasteiger partial charge in [-0.15, -0.1) is 0 Å². The lowest BCUT2D eigenvalue weighted by atomic mass is 10.1. The molecule has 0 saturated heterocycles. The number of phenolic OH excluding ortho intramolecular Hbond substituents is 1. The van der Waals surface area contributed by atoms with Gasteiger partial charge in [-0.05, 0) is 48.4 Å². The zero-order chi connectivity index (χ0) is 19.5. The summed E-state index contributed by atoms with van der Waals surface area (Å²) in [4.78, 5) is 20.7. The second-order valence-electron chi connectivity index (χ2n) is 6.27. The van der Waals surface area contributed by atoms with Gasteiger partial charge in [0.15, 0.2) is 11.2 Å². The number of hydrogen-bond acceptors (Lipinski definition) is 5. The van der Waals surface area contributed by atoms with Crippen LogP contribution in [-0.2, 0) is 4.79 Å². The molecule has 0 atom stereocenters. The Labute approximate surface area is 161 Å². The van der Waals surface area contributed by atoms with Crippen LogP contribution in [0.4, 0.5) is 5.69 Å². The SMILES string of the molecule is Cc1cc(NC(=O)/C=C/c2ccccc2)cc(-c2nc3ncccc3o2)c1O. The third-order valence-corrected chi connectivity index (χ3v) is 4.19. The topological polar surface area (TPSA) is 88.3 Å². The Bertz CT molecular complexity index is 1150. The smallest absolute Gasteiger partial charge is 0.248 e. The first-order valence-electron chi connectivity index (χ1n) is 8.70. The summed E-state index contributed by atoms with van der Waals surface area (Å²) in [6, 6.07) is 16.4. The molecule has 2 heterocycles. The van der Waals surface area contributed by atoms with Gasteiger partial charge in [-0.2, -0.15) is 4.98 Å². The molecule has 6 heteroatoms. The Morgan fingerprint density at radius 2 is 1.96 bits per heavy atom. The largest absolute Gasteiger partial charge is 0.507 e. The molecule has 4 aromatic rings. The first-order chi connectivity index (χ1) is 13.6. The molecule has 6 nitrogen and oxygen atoms in total. The summed E-state index contributed by atoms with van der Waals surface area (Å²) in [5.74, 6) is 0.00809. The van der Waals surface area contributed by atoms with Crippen LogP contribution in [0.1, 0.15) is 11.1 Å². The van der Waals surface area contributed by atoms with Gasteiger partial charge in [0.05, 0.1) is 5.56 Å². The number of nitrogens with one attached hydrogen (secondary N) is 1. The van der Waals surface area contributed by atoms with Crippen LogP contribution in [0, 0.1) is 6.92 Å². The molecule has 0 radical (unpaired) electrons. The molecule has 138 valence electrons. The first-order valence-corrected chi connectivity index (χ1v) is 8.70. The van der Waals surface area contributed by atoms with Crippen molar-refractivity contribution >= 4 is 28.9 Å². The molecule has 28 heavy (non-hydrogen) atoms. The quantitative estimate of drug-likeness (QED) is 0.406. The van der Waals surface area contributed by atoms with Crippen molar-refractivity contribution in [3.8, 4) is 17.2 Å². The fourth-order valence-electron chi connectivity index (χ4n) is 2.82. The fourth-order valence-corrected chi connectivity index (χ4v) is 2.82. The predicted octanol–water partition coefficient (Wildman–Crippen LogP) is 4.56. The summed E-state index contributed by atoms with van der Waals surface area (Å²) >= 11 is 0. The van der Waals surface area contributed by atoms with Gasteiger partial charge in [0.2, 0.25) is 11.8 Å². The number of anilines is 1. The molecule has 0 bridgehead atoms. The third kappa shape index (κ3) is 3.61. The van der Waals surface area contributed by atoms with Gasteiger partial charge < -0.3 is 14.8 Å². The molecule has 0 aliphatic carbocycles. The van der Waals surface area contributed by atoms with Crippen LogP contribution in [0.2, 0.25) is 0 Å². The predicted molar refractivity (Wildman–Crippen MR) is 108 cm³/mol. The second-order valence-corrected chi connectivity index (χ2v) is 6.27. The monoisotopic (exact) mass is 371 g/mol. The average molecular weight is 371 g/mol. The van der Waals surface area contributed by atoms with Crippen LogP contribution < -0.4 is 5.32 Å². The highest BCUT2D eigenvalue weighted by Gasteiger charge is 2.16. The minimum atomic E-state index is -0.279. The number of hydrogen-bond donors (Lipinski definition) is 2. The number of carbonyl (C=O) groups is 1. The van der Waals surface area contributed by atoms with E-state index < -0.39 is 0 Å². The van der Waals surface area contributed by atoms with Crippen molar-refractivity contribution < 1.29 is 14.3 Å². The number of nitrogens with zero attached hydrogens (tertiary/aromatic N) is 2. The van der Waals surface area contributed by atoms with E-state index in [2.05, 4.69) is 15.3 Å². The molecule has 1 amide bonds. The van der Waals surface area contributed by atoms with Crippen LogP contribution in [0.15, 0.2) is 71.3 Å². The van der Waals surface area contributed by atoms with Crippen molar-refractivity contribution in [1.82, 2.24) is 9.97 Å². The molecule has 2 N–H and O–H groups in total. The van der Waals surface area contributed by atoms with Crippen molar-refractivity contribution in [3.05, 3.63) is 78.0 Å². The molecule has 0 fully saturated rings. The maximum absolute atomic E-state index is 12.3. The van der Waals surface area contributed by atoms with Gasteiger partial charge in [-0.1, -0.05) is 30.3 Å². The summed E-state index contributed by atoms with van der Waals surface area (Å²) < 4.78 is 5.69. The number of aryl methyl sites for hydroxylation is 1. The molecule has 0 saturated carbocycles. The molecular formula is C22H17N3O3. The lowest BCUT2D eigenvalue weighted by molar-refractivity contribution is -0.111. The maximum Gasteiger partial charge on any atom is 0.248 e. The number of aromatic hydroxyl groups is 1. The van der Waals surface area contributed by atoms with Crippen molar-refractivity contribution in [3.63, 3.8) is 0 Å². The Balaban J connectivity index is 1.62. The normalized spacial score (nSPS) is 11.2. The van der Waals surface area contributed by atoms with Crippen LogP contribution in [0.25, 0.3) is 28.8 Å². The third-order valence-electron chi connectivity index (χ3n) is 4.19. The van der Waals surface area contributed by atoms with E-state index in [-0.39, 0.29) is 17.5 Å². The number of benzene rings is 2. The highest BCUT2D eigenvalue weighted by molar-refractivity contribution is 6.02. The second kappa shape index (κ2) is 7.36. The van der Waals surface area contributed by atoms with Crippen molar-refractivity contribution in [2.24, 2.45) is 0 Å². The van der Waals surface area contributed by atoms with Crippen LogP contribution in [-0.4, -0.2) is 21.0 Å². The highest BCUT2D eigenvalue weighted by Crippen LogP contribution is 2.35. The molecule has 2 aromatic carbocycles. The zero-order valence-electron chi connectivity index (χ0n) is 15.1. The number of amides is 1. The van der Waals surface area contributed by atoms with Crippen LogP contribution in [0.5, 0.6) is 5.75 Å². The van der Waals surface area contributed by atoms with E-state index in [4.69, 9.17) is 4.42 Å². The van der Waals surface area contributed by atoms with Crippen molar-refractivity contribution in [1.29, 1.82) is 0 Å². The molecule has 0 aliphatic rings. The Morgan fingerprint density at radius 3 is 2.75 bits per heavy atom. The molecular weight excluding hydrogens is 354 g/mol. The summed E-state index contributed by atoms with van der Waals surface area (Å²) in [6.07, 6.45) is 4.81. The summed E-state index contributed by atoms with van der Waals surface area (Å²) in [5, 5.41) is 13.2. The Kier molecular flexibility index (Phi) is 4.60. The number of aromatic nitrogens is 2. The minimum Gasteiger partial charge on any atom is -0.507 e. The summed E-state index contributed by atoms with van der Waals surface area (Å²) in [6.45, 7) is 1.75. The van der Waals surface area contributed by atoms with Gasteiger partial charge in [0.25, 0.3) is 0 Å². The Hall–Kier alpha value is -3.93. The van der Waals surface area contributed by atoms with E-state index in [9.17, 15) is 9.90 Å². The lowest BCUT2D eigenvalue weighted by Crippen LogP contribution is -2.08. The van der Waals surface area contributed by atoms with E-state index >= 15 is 0 Å². The number of rotatable bonds is 4. The number of pyridine rings is 1. The van der Waals surface area contributed by atoms with Gasteiger partial charge in [0, 0.05) is 18.0 Å². The van der Waals surface area contributed by atoms with Crippen LogP contribution in [0.3, 0.4) is 0 Å². The van der Waals surface area contributed by atoms with Gasteiger partial charge >= 0.3 is 0 Å². The standard InChI is InChI=1S/C22H17N3O3/c1-14-12-16(24-19(26)10-9-15-6-3-2-4-7-15)13-17(20(14)27)22-25-21-18(28-22)8-5-11-23-21/h2-13,27H,1H3,(H,24,26)/b10-9+. The summed E-state index contributed by atoms with van der Waals surface area (Å²) in [7, 11) is 0.